The van der Waals surface area contributed by atoms with Crippen molar-refractivity contribution in [1.29, 1.82) is 0 Å². The van der Waals surface area contributed by atoms with Crippen molar-refractivity contribution in [1.82, 2.24) is 14.5 Å². The molecule has 0 aromatic heterocycles. The number of halogens is 1. The van der Waals surface area contributed by atoms with Gasteiger partial charge in [-0.25, -0.2) is 12.8 Å². The van der Waals surface area contributed by atoms with Crippen molar-refractivity contribution in [3.05, 3.63) is 47.8 Å². The normalized spacial score (nSPS) is 15.2. The zero-order valence-corrected chi connectivity index (χ0v) is 19.7. The summed E-state index contributed by atoms with van der Waals surface area (Å²) in [5.41, 5.74) is 0.375. The number of hydrogen-bond acceptors (Lipinski definition) is 7. The van der Waals surface area contributed by atoms with Gasteiger partial charge >= 0.3 is 0 Å². The highest BCUT2D eigenvalue weighted by molar-refractivity contribution is 7.89. The van der Waals surface area contributed by atoms with Crippen LogP contribution in [0.2, 0.25) is 0 Å². The van der Waals surface area contributed by atoms with Crippen molar-refractivity contribution in [2.24, 2.45) is 0 Å². The molecule has 11 heteroatoms. The fourth-order valence-electron chi connectivity index (χ4n) is 3.59. The van der Waals surface area contributed by atoms with E-state index in [4.69, 9.17) is 14.2 Å². The number of carbonyl (C=O) groups is 1. The van der Waals surface area contributed by atoms with E-state index < -0.39 is 15.8 Å². The lowest BCUT2D eigenvalue weighted by molar-refractivity contribution is 0.0944. The molecule has 180 valence electrons. The van der Waals surface area contributed by atoms with E-state index >= 15 is 0 Å². The van der Waals surface area contributed by atoms with Crippen LogP contribution in [0.3, 0.4) is 0 Å². The Bertz CT molecular complexity index is 1050. The molecule has 33 heavy (non-hydrogen) atoms. The van der Waals surface area contributed by atoms with Crippen LogP contribution in [0.15, 0.2) is 41.3 Å². The number of carbonyl (C=O) groups excluding carboxylic acids is 1. The van der Waals surface area contributed by atoms with Crippen LogP contribution >= 0.6 is 0 Å². The Morgan fingerprint density at radius 1 is 0.970 bits per heavy atom. The minimum Gasteiger partial charge on any atom is -0.493 e. The van der Waals surface area contributed by atoms with Gasteiger partial charge in [-0.15, -0.1) is 0 Å². The third-order valence-corrected chi connectivity index (χ3v) is 7.34. The van der Waals surface area contributed by atoms with Crippen molar-refractivity contribution in [3.63, 3.8) is 0 Å². The second-order valence-electron chi connectivity index (χ2n) is 7.37. The number of nitrogens with one attached hydrogen (secondary N) is 1. The summed E-state index contributed by atoms with van der Waals surface area (Å²) < 4.78 is 55.7. The molecule has 0 unspecified atom stereocenters. The molecule has 0 bridgehead atoms. The molecule has 0 radical (unpaired) electrons. The summed E-state index contributed by atoms with van der Waals surface area (Å²) in [5.74, 6) is 0.421. The highest BCUT2D eigenvalue weighted by Gasteiger charge is 2.28. The molecule has 1 fully saturated rings. The predicted molar refractivity (Wildman–Crippen MR) is 120 cm³/mol. The highest BCUT2D eigenvalue weighted by atomic mass is 32.2. The number of ether oxygens (including phenoxy) is 3. The summed E-state index contributed by atoms with van der Waals surface area (Å²) in [6.45, 7) is 2.66. The number of hydrogen-bond donors (Lipinski definition) is 1. The van der Waals surface area contributed by atoms with Crippen molar-refractivity contribution in [2.75, 3.05) is 60.6 Å². The zero-order valence-electron chi connectivity index (χ0n) is 18.8. The number of rotatable bonds is 9. The first kappa shape index (κ1) is 24.7. The first-order chi connectivity index (χ1) is 15.8. The maximum Gasteiger partial charge on any atom is 0.251 e. The molecule has 1 N–H and O–H groups in total. The molecule has 1 aliphatic heterocycles. The second kappa shape index (κ2) is 10.8. The van der Waals surface area contributed by atoms with E-state index in [1.54, 1.807) is 12.1 Å². The topological polar surface area (TPSA) is 97.4 Å². The van der Waals surface area contributed by atoms with Crippen molar-refractivity contribution < 1.29 is 31.8 Å². The van der Waals surface area contributed by atoms with E-state index in [-0.39, 0.29) is 10.8 Å². The van der Waals surface area contributed by atoms with Crippen LogP contribution in [0.4, 0.5) is 4.39 Å². The number of benzene rings is 2. The molecule has 0 aliphatic carbocycles. The first-order valence-corrected chi connectivity index (χ1v) is 11.8. The van der Waals surface area contributed by atoms with Gasteiger partial charge in [0, 0.05) is 44.8 Å². The van der Waals surface area contributed by atoms with Crippen LogP contribution in [0.1, 0.15) is 10.4 Å². The number of nitrogens with zero attached hydrogens (tertiary/aromatic N) is 2. The average molecular weight is 482 g/mol. The van der Waals surface area contributed by atoms with Crippen LogP contribution in [0.25, 0.3) is 0 Å². The van der Waals surface area contributed by atoms with Crippen molar-refractivity contribution in [3.8, 4) is 17.2 Å². The number of methoxy groups -OCH3 is 3. The minimum atomic E-state index is -3.65. The van der Waals surface area contributed by atoms with Crippen molar-refractivity contribution in [2.45, 2.75) is 4.90 Å². The van der Waals surface area contributed by atoms with Gasteiger partial charge in [-0.1, -0.05) is 0 Å². The summed E-state index contributed by atoms with van der Waals surface area (Å²) in [6.07, 6.45) is 0. The lowest BCUT2D eigenvalue weighted by atomic mass is 10.1. The van der Waals surface area contributed by atoms with E-state index in [0.717, 1.165) is 12.1 Å². The quantitative estimate of drug-likeness (QED) is 0.581. The van der Waals surface area contributed by atoms with Gasteiger partial charge in [0.2, 0.25) is 15.8 Å². The number of amides is 1. The highest BCUT2D eigenvalue weighted by Crippen LogP contribution is 2.38. The molecule has 1 saturated heterocycles. The van der Waals surface area contributed by atoms with Crippen LogP contribution < -0.4 is 19.5 Å². The van der Waals surface area contributed by atoms with Gasteiger partial charge in [0.25, 0.3) is 5.91 Å². The molecular weight excluding hydrogens is 453 g/mol. The molecule has 0 spiro atoms. The van der Waals surface area contributed by atoms with Crippen LogP contribution in [0, 0.1) is 5.82 Å². The van der Waals surface area contributed by atoms with Gasteiger partial charge in [0.1, 0.15) is 5.82 Å². The number of piperazine rings is 1. The van der Waals surface area contributed by atoms with E-state index in [1.807, 2.05) is 0 Å². The molecule has 1 amide bonds. The summed E-state index contributed by atoms with van der Waals surface area (Å²) in [5, 5.41) is 2.86. The summed E-state index contributed by atoms with van der Waals surface area (Å²) in [7, 11) is 0.798. The fourth-order valence-corrected chi connectivity index (χ4v) is 5.01. The Kier molecular flexibility index (Phi) is 8.11. The molecule has 1 heterocycles. The third kappa shape index (κ3) is 5.73. The Morgan fingerprint density at radius 2 is 1.55 bits per heavy atom. The van der Waals surface area contributed by atoms with Gasteiger partial charge in [0.05, 0.1) is 26.2 Å². The molecular formula is C22H28FN3O6S. The van der Waals surface area contributed by atoms with E-state index in [1.165, 1.54) is 37.8 Å². The summed E-state index contributed by atoms with van der Waals surface area (Å²) in [6, 6.07) is 7.98. The smallest absolute Gasteiger partial charge is 0.251 e. The first-order valence-electron chi connectivity index (χ1n) is 10.4. The van der Waals surface area contributed by atoms with Crippen LogP contribution in [-0.4, -0.2) is 84.1 Å². The molecule has 2 aromatic carbocycles. The largest absolute Gasteiger partial charge is 0.493 e. The van der Waals surface area contributed by atoms with Gasteiger partial charge in [-0.05, 0) is 36.4 Å². The minimum absolute atomic E-state index is 0.0787. The van der Waals surface area contributed by atoms with E-state index in [0.29, 0.717) is 62.1 Å². The monoisotopic (exact) mass is 481 g/mol. The molecule has 1 aliphatic rings. The SMILES string of the molecule is COc1cc(C(=O)NCCN2CCN(S(=O)(=O)c3ccc(F)cc3)CC2)cc(OC)c1OC. The molecule has 0 atom stereocenters. The van der Waals surface area contributed by atoms with E-state index in [2.05, 4.69) is 10.2 Å². The average Bonchev–Trinajstić information content (AvgIpc) is 2.83. The summed E-state index contributed by atoms with van der Waals surface area (Å²) in [4.78, 5) is 14.7. The molecule has 0 saturated carbocycles. The number of sulfonamides is 1. The Hall–Kier alpha value is -2.89. The predicted octanol–water partition coefficient (Wildman–Crippen LogP) is 1.59. The molecule has 2 aromatic rings. The standard InChI is InChI=1S/C22H28FN3O6S/c1-30-19-14-16(15-20(31-2)21(19)32-3)22(27)24-8-9-25-10-12-26(13-11-25)33(28,29)18-6-4-17(23)5-7-18/h4-7,14-15H,8-13H2,1-3H3,(H,24,27). The maximum atomic E-state index is 13.1. The van der Waals surface area contributed by atoms with Crippen LogP contribution in [0.5, 0.6) is 17.2 Å². The fraction of sp³-hybridized carbons (Fsp3) is 0.409. The van der Waals surface area contributed by atoms with Crippen molar-refractivity contribution >= 4 is 15.9 Å². The maximum absolute atomic E-state index is 13.1. The van der Waals surface area contributed by atoms with E-state index in [9.17, 15) is 17.6 Å². The van der Waals surface area contributed by atoms with Gasteiger partial charge < -0.3 is 19.5 Å². The Morgan fingerprint density at radius 3 is 2.06 bits per heavy atom. The lowest BCUT2D eigenvalue weighted by Crippen LogP contribution is -2.50. The van der Waals surface area contributed by atoms with Crippen LogP contribution in [-0.2, 0) is 10.0 Å². The molecule has 9 nitrogen and oxygen atoms in total. The third-order valence-electron chi connectivity index (χ3n) is 5.42. The summed E-state index contributed by atoms with van der Waals surface area (Å²) >= 11 is 0. The zero-order chi connectivity index (χ0) is 24.0. The van der Waals surface area contributed by atoms with Gasteiger partial charge in [-0.2, -0.15) is 4.31 Å². The molecule has 3 rings (SSSR count). The van der Waals surface area contributed by atoms with Gasteiger partial charge in [-0.3, -0.25) is 9.69 Å². The lowest BCUT2D eigenvalue weighted by Gasteiger charge is -2.33. The Balaban J connectivity index is 1.51. The Labute approximate surface area is 193 Å². The van der Waals surface area contributed by atoms with Gasteiger partial charge in [0.15, 0.2) is 11.5 Å². The second-order valence-corrected chi connectivity index (χ2v) is 9.31.